The highest BCUT2D eigenvalue weighted by Crippen LogP contribution is 2.34. The molecule has 0 atom stereocenters. The predicted molar refractivity (Wildman–Crippen MR) is 83.3 cm³/mol. The van der Waals surface area contributed by atoms with E-state index in [4.69, 9.17) is 4.74 Å². The zero-order valence-corrected chi connectivity index (χ0v) is 14.3. The van der Waals surface area contributed by atoms with Gasteiger partial charge in [-0.05, 0) is 77.1 Å². The molecular formula is C13H20Br2N2O. The van der Waals surface area contributed by atoms with Crippen LogP contribution in [0.25, 0.3) is 0 Å². The van der Waals surface area contributed by atoms with Crippen LogP contribution in [0.5, 0.6) is 5.75 Å². The van der Waals surface area contributed by atoms with Gasteiger partial charge in [0.15, 0.2) is 0 Å². The van der Waals surface area contributed by atoms with E-state index in [2.05, 4.69) is 68.3 Å². The third-order valence-electron chi connectivity index (χ3n) is 2.44. The molecule has 0 unspecified atom stereocenters. The highest BCUT2D eigenvalue weighted by atomic mass is 79.9. The zero-order chi connectivity index (χ0) is 13.5. The number of ether oxygens (including phenoxy) is 1. The summed E-state index contributed by atoms with van der Waals surface area (Å²) in [7, 11) is 6.07. The summed E-state index contributed by atoms with van der Waals surface area (Å²) in [6.07, 6.45) is 1.02. The Morgan fingerprint density at radius 2 is 1.83 bits per heavy atom. The summed E-state index contributed by atoms with van der Waals surface area (Å²) in [5, 5.41) is 3.13. The van der Waals surface area contributed by atoms with Gasteiger partial charge in [-0.1, -0.05) is 0 Å². The molecule has 0 bridgehead atoms. The van der Waals surface area contributed by atoms with E-state index in [0.717, 1.165) is 40.8 Å². The molecular weight excluding hydrogens is 360 g/mol. The van der Waals surface area contributed by atoms with Crippen molar-refractivity contribution < 1.29 is 4.74 Å². The Labute approximate surface area is 126 Å². The average Bonchev–Trinajstić information content (AvgIpc) is 2.27. The molecule has 0 amide bonds. The van der Waals surface area contributed by atoms with E-state index in [1.165, 1.54) is 5.56 Å². The van der Waals surface area contributed by atoms with Crippen LogP contribution in [0.3, 0.4) is 0 Å². The molecule has 0 aliphatic rings. The third-order valence-corrected chi connectivity index (χ3v) is 3.61. The van der Waals surface area contributed by atoms with Crippen molar-refractivity contribution in [1.29, 1.82) is 0 Å². The van der Waals surface area contributed by atoms with Crippen molar-refractivity contribution in [1.82, 2.24) is 10.2 Å². The Bertz CT molecular complexity index is 360. The molecule has 0 saturated carbocycles. The summed E-state index contributed by atoms with van der Waals surface area (Å²) in [6, 6.07) is 4.17. The molecule has 0 heterocycles. The molecule has 0 saturated heterocycles. The molecule has 18 heavy (non-hydrogen) atoms. The summed E-state index contributed by atoms with van der Waals surface area (Å²) < 4.78 is 7.80. The molecule has 102 valence electrons. The van der Waals surface area contributed by atoms with Crippen LogP contribution in [0, 0.1) is 0 Å². The van der Waals surface area contributed by atoms with Gasteiger partial charge in [-0.15, -0.1) is 0 Å². The van der Waals surface area contributed by atoms with Gasteiger partial charge < -0.3 is 15.0 Å². The highest BCUT2D eigenvalue weighted by Gasteiger charge is 2.08. The summed E-state index contributed by atoms with van der Waals surface area (Å²) in [5.74, 6) is 0.883. The summed E-state index contributed by atoms with van der Waals surface area (Å²) in [6.45, 7) is 2.60. The minimum atomic E-state index is 0.723. The van der Waals surface area contributed by atoms with Gasteiger partial charge in [-0.2, -0.15) is 0 Å². The lowest BCUT2D eigenvalue weighted by molar-refractivity contribution is 0.279. The lowest BCUT2D eigenvalue weighted by atomic mass is 10.2. The third kappa shape index (κ3) is 5.26. The van der Waals surface area contributed by atoms with Crippen molar-refractivity contribution in [3.63, 3.8) is 0 Å². The Balaban J connectivity index is 2.60. The molecule has 1 N–H and O–H groups in total. The normalized spacial score (nSPS) is 11.0. The van der Waals surface area contributed by atoms with Gasteiger partial charge >= 0.3 is 0 Å². The second-order valence-corrected chi connectivity index (χ2v) is 6.13. The van der Waals surface area contributed by atoms with Crippen molar-refractivity contribution in [3.8, 4) is 5.75 Å². The van der Waals surface area contributed by atoms with Crippen LogP contribution in [0.15, 0.2) is 21.1 Å². The van der Waals surface area contributed by atoms with Crippen LogP contribution in [0.4, 0.5) is 0 Å². The summed E-state index contributed by atoms with van der Waals surface area (Å²) >= 11 is 7.11. The van der Waals surface area contributed by atoms with Crippen LogP contribution in [-0.4, -0.2) is 39.2 Å². The fourth-order valence-corrected chi connectivity index (χ4v) is 3.12. The minimum Gasteiger partial charge on any atom is -0.491 e. The van der Waals surface area contributed by atoms with Gasteiger partial charge in [0.2, 0.25) is 0 Å². The summed E-state index contributed by atoms with van der Waals surface area (Å²) in [4.78, 5) is 2.16. The maximum atomic E-state index is 5.81. The first kappa shape index (κ1) is 16.0. The van der Waals surface area contributed by atoms with Crippen molar-refractivity contribution in [2.45, 2.75) is 13.0 Å². The topological polar surface area (TPSA) is 24.5 Å². The van der Waals surface area contributed by atoms with Gasteiger partial charge in [-0.3, -0.25) is 0 Å². The second kappa shape index (κ2) is 8.15. The maximum absolute atomic E-state index is 5.81. The molecule has 1 rings (SSSR count). The van der Waals surface area contributed by atoms with Crippen LogP contribution in [0.2, 0.25) is 0 Å². The predicted octanol–water partition coefficient (Wildman–Crippen LogP) is 3.26. The van der Waals surface area contributed by atoms with Crippen molar-refractivity contribution in [3.05, 3.63) is 26.6 Å². The molecule has 0 aliphatic heterocycles. The molecule has 0 spiro atoms. The van der Waals surface area contributed by atoms with E-state index < -0.39 is 0 Å². The fraction of sp³-hybridized carbons (Fsp3) is 0.538. The first-order chi connectivity index (χ1) is 8.54. The van der Waals surface area contributed by atoms with Gasteiger partial charge in [0.25, 0.3) is 0 Å². The molecule has 1 aromatic carbocycles. The van der Waals surface area contributed by atoms with Gasteiger partial charge in [0.1, 0.15) is 5.75 Å². The van der Waals surface area contributed by atoms with Crippen LogP contribution >= 0.6 is 31.9 Å². The van der Waals surface area contributed by atoms with Gasteiger partial charge in [-0.25, -0.2) is 0 Å². The number of hydrogen-bond acceptors (Lipinski definition) is 3. The number of hydrogen-bond donors (Lipinski definition) is 1. The van der Waals surface area contributed by atoms with Gasteiger partial charge in [0, 0.05) is 13.1 Å². The van der Waals surface area contributed by atoms with Gasteiger partial charge in [0.05, 0.1) is 15.6 Å². The number of nitrogens with one attached hydrogen (secondary N) is 1. The SMILES string of the molecule is CNCc1cc(Br)c(OCCCN(C)C)c(Br)c1. The quantitative estimate of drug-likeness (QED) is 0.736. The standard InChI is InChI=1S/C13H20Br2N2O/c1-16-9-10-7-11(14)13(12(15)8-10)18-6-4-5-17(2)3/h7-8,16H,4-6,9H2,1-3H3. The summed E-state index contributed by atoms with van der Waals surface area (Å²) in [5.41, 5.74) is 1.22. The van der Waals surface area contributed by atoms with Crippen LogP contribution in [0.1, 0.15) is 12.0 Å². The smallest absolute Gasteiger partial charge is 0.147 e. The van der Waals surface area contributed by atoms with E-state index in [1.54, 1.807) is 0 Å². The molecule has 0 aliphatic carbocycles. The van der Waals surface area contributed by atoms with E-state index >= 15 is 0 Å². The van der Waals surface area contributed by atoms with E-state index in [-0.39, 0.29) is 0 Å². The largest absolute Gasteiger partial charge is 0.491 e. The zero-order valence-electron chi connectivity index (χ0n) is 11.1. The first-order valence-corrected chi connectivity index (χ1v) is 7.53. The van der Waals surface area contributed by atoms with Crippen molar-refractivity contribution >= 4 is 31.9 Å². The molecule has 0 aromatic heterocycles. The highest BCUT2D eigenvalue weighted by molar-refractivity contribution is 9.11. The number of benzene rings is 1. The molecule has 3 nitrogen and oxygen atoms in total. The Hall–Kier alpha value is -0.100. The molecule has 0 radical (unpaired) electrons. The Morgan fingerprint density at radius 3 is 2.33 bits per heavy atom. The average molecular weight is 380 g/mol. The molecule has 5 heteroatoms. The van der Waals surface area contributed by atoms with Crippen molar-refractivity contribution in [2.24, 2.45) is 0 Å². The lowest BCUT2D eigenvalue weighted by Gasteiger charge is -2.13. The molecule has 0 fully saturated rings. The van der Waals surface area contributed by atoms with Crippen LogP contribution in [-0.2, 0) is 6.54 Å². The van der Waals surface area contributed by atoms with E-state index in [0.29, 0.717) is 0 Å². The second-order valence-electron chi connectivity index (χ2n) is 4.42. The molecule has 1 aromatic rings. The Morgan fingerprint density at radius 1 is 1.22 bits per heavy atom. The fourth-order valence-electron chi connectivity index (χ4n) is 1.61. The number of halogens is 2. The van der Waals surface area contributed by atoms with E-state index in [1.807, 2.05) is 7.05 Å². The number of nitrogens with zero attached hydrogens (tertiary/aromatic N) is 1. The first-order valence-electron chi connectivity index (χ1n) is 5.94. The monoisotopic (exact) mass is 378 g/mol. The number of rotatable bonds is 7. The lowest BCUT2D eigenvalue weighted by Crippen LogP contribution is -2.15. The van der Waals surface area contributed by atoms with Crippen molar-refractivity contribution in [2.75, 3.05) is 34.3 Å². The Kier molecular flexibility index (Phi) is 7.22. The van der Waals surface area contributed by atoms with Crippen LogP contribution < -0.4 is 10.1 Å². The maximum Gasteiger partial charge on any atom is 0.147 e. The van der Waals surface area contributed by atoms with E-state index in [9.17, 15) is 0 Å². The minimum absolute atomic E-state index is 0.723.